The summed E-state index contributed by atoms with van der Waals surface area (Å²) in [5, 5.41) is 4.68. The van der Waals surface area contributed by atoms with Crippen molar-refractivity contribution in [2.45, 2.75) is 6.92 Å². The molecule has 0 aromatic carbocycles. The number of rotatable bonds is 0. The van der Waals surface area contributed by atoms with Gasteiger partial charge in [-0.25, -0.2) is 4.98 Å². The van der Waals surface area contributed by atoms with Gasteiger partial charge in [-0.2, -0.15) is 0 Å². The summed E-state index contributed by atoms with van der Waals surface area (Å²) in [6.07, 6.45) is 3.33. The number of aromatic nitrogens is 2. The number of hydrogen-bond donors (Lipinski definition) is 0. The maximum atomic E-state index is 4.73. The minimum atomic E-state index is 0.681. The van der Waals surface area contributed by atoms with Crippen molar-refractivity contribution in [3.05, 3.63) is 24.1 Å². The molecule has 3 heteroatoms. The molecule has 0 saturated heterocycles. The van der Waals surface area contributed by atoms with E-state index in [4.69, 9.17) is 4.52 Å². The van der Waals surface area contributed by atoms with Crippen molar-refractivity contribution < 1.29 is 4.52 Å². The molecular weight excluding hydrogens is 128 g/mol. The molecule has 2 rings (SSSR count). The standard InChI is InChI=1S/C7H6N2O/c1-5-2-3-8-7-6(5)4-10-9-7/h2-4H,1H3. The SMILES string of the molecule is Cc1ccnc2nocc12. The van der Waals surface area contributed by atoms with Crippen LogP contribution in [0.25, 0.3) is 11.0 Å². The summed E-state index contributed by atoms with van der Waals surface area (Å²) in [5.74, 6) is 0. The van der Waals surface area contributed by atoms with Crippen LogP contribution in [0.2, 0.25) is 0 Å². The molecule has 0 aliphatic rings. The molecule has 3 nitrogen and oxygen atoms in total. The molecule has 0 bridgehead atoms. The van der Waals surface area contributed by atoms with Crippen molar-refractivity contribution >= 4 is 11.0 Å². The van der Waals surface area contributed by atoms with E-state index in [1.165, 1.54) is 0 Å². The molecular formula is C7H6N2O. The molecule has 0 atom stereocenters. The normalized spacial score (nSPS) is 10.5. The Morgan fingerprint density at radius 2 is 2.40 bits per heavy atom. The zero-order chi connectivity index (χ0) is 6.97. The maximum absolute atomic E-state index is 4.73. The van der Waals surface area contributed by atoms with Gasteiger partial charge in [0.2, 0.25) is 5.65 Å². The summed E-state index contributed by atoms with van der Waals surface area (Å²) < 4.78 is 4.73. The number of pyridine rings is 1. The van der Waals surface area contributed by atoms with Crippen LogP contribution in [-0.4, -0.2) is 10.1 Å². The van der Waals surface area contributed by atoms with Gasteiger partial charge in [-0.3, -0.25) is 0 Å². The third-order valence-corrected chi connectivity index (χ3v) is 1.50. The molecule has 2 aromatic heterocycles. The number of fused-ring (bicyclic) bond motifs is 1. The smallest absolute Gasteiger partial charge is 0.202 e. The van der Waals surface area contributed by atoms with Gasteiger partial charge in [0, 0.05) is 6.20 Å². The average Bonchev–Trinajstić information content (AvgIpc) is 2.36. The molecule has 10 heavy (non-hydrogen) atoms. The first-order chi connectivity index (χ1) is 4.88. The fourth-order valence-corrected chi connectivity index (χ4v) is 0.903. The molecule has 0 N–H and O–H groups in total. The zero-order valence-electron chi connectivity index (χ0n) is 5.53. The Morgan fingerprint density at radius 1 is 1.50 bits per heavy atom. The van der Waals surface area contributed by atoms with Crippen LogP contribution < -0.4 is 0 Å². The van der Waals surface area contributed by atoms with E-state index in [1.807, 2.05) is 13.0 Å². The Labute approximate surface area is 57.7 Å². The van der Waals surface area contributed by atoms with Gasteiger partial charge in [0.1, 0.15) is 6.26 Å². The molecule has 2 aromatic rings. The molecule has 2 heterocycles. The van der Waals surface area contributed by atoms with Crippen LogP contribution in [0.5, 0.6) is 0 Å². The second kappa shape index (κ2) is 1.80. The third-order valence-electron chi connectivity index (χ3n) is 1.50. The summed E-state index contributed by atoms with van der Waals surface area (Å²) in [5.41, 5.74) is 1.83. The quantitative estimate of drug-likeness (QED) is 0.548. The van der Waals surface area contributed by atoms with E-state index in [0.717, 1.165) is 10.9 Å². The highest BCUT2D eigenvalue weighted by Crippen LogP contribution is 2.12. The minimum Gasteiger partial charge on any atom is -0.362 e. The number of hydrogen-bond acceptors (Lipinski definition) is 3. The van der Waals surface area contributed by atoms with Gasteiger partial charge >= 0.3 is 0 Å². The van der Waals surface area contributed by atoms with E-state index in [1.54, 1.807) is 12.5 Å². The second-order valence-corrected chi connectivity index (χ2v) is 2.18. The van der Waals surface area contributed by atoms with E-state index in [9.17, 15) is 0 Å². The van der Waals surface area contributed by atoms with Crippen molar-refractivity contribution in [2.75, 3.05) is 0 Å². The molecule has 0 amide bonds. The van der Waals surface area contributed by atoms with Crippen molar-refractivity contribution in [3.8, 4) is 0 Å². The van der Waals surface area contributed by atoms with E-state index in [2.05, 4.69) is 10.1 Å². The topological polar surface area (TPSA) is 38.9 Å². The lowest BCUT2D eigenvalue weighted by molar-refractivity contribution is 0.426. The lowest BCUT2D eigenvalue weighted by atomic mass is 10.2. The van der Waals surface area contributed by atoms with Crippen LogP contribution in [0.3, 0.4) is 0 Å². The molecule has 0 aliphatic carbocycles. The summed E-state index contributed by atoms with van der Waals surface area (Å²) >= 11 is 0. The van der Waals surface area contributed by atoms with Gasteiger partial charge in [0.25, 0.3) is 0 Å². The molecule has 0 radical (unpaired) electrons. The highest BCUT2D eigenvalue weighted by atomic mass is 16.5. The Bertz CT molecular complexity index is 353. The Hall–Kier alpha value is -1.38. The maximum Gasteiger partial charge on any atom is 0.202 e. The van der Waals surface area contributed by atoms with Crippen LogP contribution in [0.1, 0.15) is 5.56 Å². The fraction of sp³-hybridized carbons (Fsp3) is 0.143. The summed E-state index contributed by atoms with van der Waals surface area (Å²) in [6.45, 7) is 2.00. The van der Waals surface area contributed by atoms with E-state index >= 15 is 0 Å². The van der Waals surface area contributed by atoms with Crippen LogP contribution >= 0.6 is 0 Å². The van der Waals surface area contributed by atoms with Gasteiger partial charge in [-0.1, -0.05) is 5.16 Å². The molecule has 0 unspecified atom stereocenters. The van der Waals surface area contributed by atoms with Crippen LogP contribution in [0.4, 0.5) is 0 Å². The van der Waals surface area contributed by atoms with Gasteiger partial charge in [0.05, 0.1) is 5.39 Å². The fourth-order valence-electron chi connectivity index (χ4n) is 0.903. The first kappa shape index (κ1) is 5.41. The Balaban J connectivity index is 2.95. The van der Waals surface area contributed by atoms with E-state index < -0.39 is 0 Å². The molecule has 0 aliphatic heterocycles. The lowest BCUT2D eigenvalue weighted by Crippen LogP contribution is -1.77. The van der Waals surface area contributed by atoms with Gasteiger partial charge < -0.3 is 4.52 Å². The predicted octanol–water partition coefficient (Wildman–Crippen LogP) is 1.53. The van der Waals surface area contributed by atoms with Crippen LogP contribution in [-0.2, 0) is 0 Å². The van der Waals surface area contributed by atoms with Crippen LogP contribution in [0, 0.1) is 6.92 Å². The second-order valence-electron chi connectivity index (χ2n) is 2.18. The van der Waals surface area contributed by atoms with Gasteiger partial charge in [-0.05, 0) is 18.6 Å². The summed E-state index contributed by atoms with van der Waals surface area (Å²) in [4.78, 5) is 4.00. The highest BCUT2D eigenvalue weighted by Gasteiger charge is 1.99. The predicted molar refractivity (Wildman–Crippen MR) is 36.5 cm³/mol. The molecule has 0 spiro atoms. The molecule has 0 fully saturated rings. The van der Waals surface area contributed by atoms with Gasteiger partial charge in [0.15, 0.2) is 0 Å². The monoisotopic (exact) mass is 134 g/mol. The summed E-state index contributed by atoms with van der Waals surface area (Å²) in [6, 6.07) is 1.93. The first-order valence-electron chi connectivity index (χ1n) is 3.03. The van der Waals surface area contributed by atoms with Crippen molar-refractivity contribution in [3.63, 3.8) is 0 Å². The third kappa shape index (κ3) is 0.603. The number of aryl methyl sites for hydroxylation is 1. The van der Waals surface area contributed by atoms with E-state index in [0.29, 0.717) is 5.65 Å². The largest absolute Gasteiger partial charge is 0.362 e. The van der Waals surface area contributed by atoms with Gasteiger partial charge in [-0.15, -0.1) is 0 Å². The van der Waals surface area contributed by atoms with Crippen molar-refractivity contribution in [1.29, 1.82) is 0 Å². The lowest BCUT2D eigenvalue weighted by Gasteiger charge is -1.87. The number of nitrogens with zero attached hydrogens (tertiary/aromatic N) is 2. The Morgan fingerprint density at radius 3 is 3.20 bits per heavy atom. The van der Waals surface area contributed by atoms with Crippen molar-refractivity contribution in [1.82, 2.24) is 10.1 Å². The van der Waals surface area contributed by atoms with E-state index in [-0.39, 0.29) is 0 Å². The minimum absolute atomic E-state index is 0.681. The summed E-state index contributed by atoms with van der Waals surface area (Å²) in [7, 11) is 0. The zero-order valence-corrected chi connectivity index (χ0v) is 5.53. The average molecular weight is 134 g/mol. The first-order valence-corrected chi connectivity index (χ1v) is 3.03. The Kier molecular flexibility index (Phi) is 0.974. The highest BCUT2D eigenvalue weighted by molar-refractivity contribution is 5.76. The van der Waals surface area contributed by atoms with Crippen molar-refractivity contribution in [2.24, 2.45) is 0 Å². The molecule has 0 saturated carbocycles. The molecule has 50 valence electrons. The van der Waals surface area contributed by atoms with Crippen LogP contribution in [0.15, 0.2) is 23.0 Å².